The quantitative estimate of drug-likeness (QED) is 0.809. The summed E-state index contributed by atoms with van der Waals surface area (Å²) >= 11 is 0. The molecule has 2 aliphatic rings. The van der Waals surface area contributed by atoms with Crippen LogP contribution in [0.3, 0.4) is 0 Å². The molecule has 6 nitrogen and oxygen atoms in total. The van der Waals surface area contributed by atoms with Crippen molar-refractivity contribution in [3.05, 3.63) is 11.4 Å². The van der Waals surface area contributed by atoms with E-state index in [9.17, 15) is 4.79 Å². The van der Waals surface area contributed by atoms with E-state index in [2.05, 4.69) is 15.2 Å². The number of nitrogens with zero attached hydrogens (tertiary/aromatic N) is 4. The van der Waals surface area contributed by atoms with Crippen LogP contribution >= 0.6 is 0 Å². The molecular weight excluding hydrogens is 244 g/mol. The van der Waals surface area contributed by atoms with E-state index in [1.54, 1.807) is 0 Å². The standard InChI is InChI=1S/C13H20N4O2/c1-10-12(15-19-14-10)9-16-5-7-17(8-6-16)13(18)11-3-2-4-11/h11H,2-9H2,1H3. The van der Waals surface area contributed by atoms with Gasteiger partial charge in [0, 0.05) is 38.6 Å². The molecule has 0 unspecified atom stereocenters. The lowest BCUT2D eigenvalue weighted by molar-refractivity contribution is -0.140. The molecule has 0 aromatic carbocycles. The molecule has 0 radical (unpaired) electrons. The van der Waals surface area contributed by atoms with E-state index in [0.29, 0.717) is 11.8 Å². The van der Waals surface area contributed by atoms with Crippen LogP contribution in [0.25, 0.3) is 0 Å². The Morgan fingerprint density at radius 2 is 2.00 bits per heavy atom. The maximum Gasteiger partial charge on any atom is 0.225 e. The first-order valence-corrected chi connectivity index (χ1v) is 7.03. The van der Waals surface area contributed by atoms with Gasteiger partial charge in [-0.3, -0.25) is 9.69 Å². The fourth-order valence-electron chi connectivity index (χ4n) is 2.64. The minimum atomic E-state index is 0.313. The van der Waals surface area contributed by atoms with Gasteiger partial charge in [0.2, 0.25) is 5.91 Å². The molecule has 2 fully saturated rings. The summed E-state index contributed by atoms with van der Waals surface area (Å²) in [5.74, 6) is 0.679. The van der Waals surface area contributed by atoms with E-state index in [4.69, 9.17) is 4.63 Å². The second-order valence-electron chi connectivity index (χ2n) is 5.53. The van der Waals surface area contributed by atoms with Crippen LogP contribution in [0.4, 0.5) is 0 Å². The molecule has 1 aromatic heterocycles. The van der Waals surface area contributed by atoms with E-state index in [1.165, 1.54) is 6.42 Å². The summed E-state index contributed by atoms with van der Waals surface area (Å²) < 4.78 is 4.71. The van der Waals surface area contributed by atoms with E-state index in [1.807, 2.05) is 11.8 Å². The first-order chi connectivity index (χ1) is 9.24. The van der Waals surface area contributed by atoms with Crippen molar-refractivity contribution in [2.75, 3.05) is 26.2 Å². The number of aryl methyl sites for hydroxylation is 1. The molecule has 0 bridgehead atoms. The third kappa shape index (κ3) is 2.63. The number of hydrogen-bond donors (Lipinski definition) is 0. The SMILES string of the molecule is Cc1nonc1CN1CCN(C(=O)C2CCC2)CC1. The molecular formula is C13H20N4O2. The lowest BCUT2D eigenvalue weighted by Crippen LogP contribution is -2.50. The Bertz CT molecular complexity index is 447. The molecule has 19 heavy (non-hydrogen) atoms. The van der Waals surface area contributed by atoms with Crippen molar-refractivity contribution < 1.29 is 9.42 Å². The Balaban J connectivity index is 1.49. The number of aromatic nitrogens is 2. The van der Waals surface area contributed by atoms with Crippen LogP contribution in [-0.4, -0.2) is 52.2 Å². The van der Waals surface area contributed by atoms with Crippen molar-refractivity contribution in [2.45, 2.75) is 32.7 Å². The molecule has 0 atom stereocenters. The highest BCUT2D eigenvalue weighted by molar-refractivity contribution is 5.79. The summed E-state index contributed by atoms with van der Waals surface area (Å²) in [6, 6.07) is 0. The number of amides is 1. The molecule has 2 heterocycles. The van der Waals surface area contributed by atoms with Crippen LogP contribution in [-0.2, 0) is 11.3 Å². The van der Waals surface area contributed by atoms with Gasteiger partial charge in [0.25, 0.3) is 0 Å². The van der Waals surface area contributed by atoms with Crippen LogP contribution in [0.2, 0.25) is 0 Å². The molecule has 1 saturated heterocycles. The van der Waals surface area contributed by atoms with Crippen molar-refractivity contribution >= 4 is 5.91 Å². The Morgan fingerprint density at radius 1 is 1.26 bits per heavy atom. The zero-order chi connectivity index (χ0) is 13.2. The number of carbonyl (C=O) groups is 1. The highest BCUT2D eigenvalue weighted by Gasteiger charge is 2.31. The summed E-state index contributed by atoms with van der Waals surface area (Å²) in [7, 11) is 0. The van der Waals surface area contributed by atoms with Gasteiger partial charge in [0.1, 0.15) is 11.4 Å². The van der Waals surface area contributed by atoms with E-state index in [-0.39, 0.29) is 0 Å². The summed E-state index contributed by atoms with van der Waals surface area (Å²) in [5.41, 5.74) is 1.76. The van der Waals surface area contributed by atoms with Crippen molar-refractivity contribution in [3.63, 3.8) is 0 Å². The molecule has 1 aliphatic carbocycles. The van der Waals surface area contributed by atoms with Crippen LogP contribution < -0.4 is 0 Å². The van der Waals surface area contributed by atoms with Gasteiger partial charge in [0.05, 0.1) is 0 Å². The molecule has 6 heteroatoms. The predicted octanol–water partition coefficient (Wildman–Crippen LogP) is 0.822. The maximum absolute atomic E-state index is 12.1. The third-order valence-corrected chi connectivity index (χ3v) is 4.26. The molecule has 0 N–H and O–H groups in total. The van der Waals surface area contributed by atoms with Gasteiger partial charge >= 0.3 is 0 Å². The van der Waals surface area contributed by atoms with Crippen molar-refractivity contribution in [3.8, 4) is 0 Å². The van der Waals surface area contributed by atoms with Gasteiger partial charge < -0.3 is 4.90 Å². The van der Waals surface area contributed by atoms with E-state index < -0.39 is 0 Å². The van der Waals surface area contributed by atoms with Gasteiger partial charge in [-0.2, -0.15) is 0 Å². The van der Waals surface area contributed by atoms with E-state index in [0.717, 1.165) is 57.0 Å². The van der Waals surface area contributed by atoms with Gasteiger partial charge in [-0.05, 0) is 19.8 Å². The van der Waals surface area contributed by atoms with Crippen LogP contribution in [0.5, 0.6) is 0 Å². The molecule has 1 amide bonds. The summed E-state index contributed by atoms with van der Waals surface area (Å²) in [6.45, 7) is 6.15. The largest absolute Gasteiger partial charge is 0.340 e. The lowest BCUT2D eigenvalue weighted by atomic mass is 9.84. The van der Waals surface area contributed by atoms with E-state index >= 15 is 0 Å². The van der Waals surface area contributed by atoms with Crippen LogP contribution in [0.1, 0.15) is 30.7 Å². The minimum Gasteiger partial charge on any atom is -0.340 e. The fraction of sp³-hybridized carbons (Fsp3) is 0.769. The summed E-state index contributed by atoms with van der Waals surface area (Å²) in [6.07, 6.45) is 3.39. The Morgan fingerprint density at radius 3 is 2.53 bits per heavy atom. The number of hydrogen-bond acceptors (Lipinski definition) is 5. The topological polar surface area (TPSA) is 62.5 Å². The molecule has 3 rings (SSSR count). The molecule has 0 spiro atoms. The molecule has 1 saturated carbocycles. The predicted molar refractivity (Wildman–Crippen MR) is 68.2 cm³/mol. The Labute approximate surface area is 112 Å². The first-order valence-electron chi connectivity index (χ1n) is 7.03. The van der Waals surface area contributed by atoms with Crippen molar-refractivity contribution in [1.29, 1.82) is 0 Å². The van der Waals surface area contributed by atoms with Gasteiger partial charge in [0.15, 0.2) is 0 Å². The fourth-order valence-corrected chi connectivity index (χ4v) is 2.64. The molecule has 1 aromatic rings. The zero-order valence-electron chi connectivity index (χ0n) is 11.3. The van der Waals surface area contributed by atoms with Crippen molar-refractivity contribution in [1.82, 2.24) is 20.1 Å². The normalized spacial score (nSPS) is 21.4. The highest BCUT2D eigenvalue weighted by atomic mass is 16.6. The first kappa shape index (κ1) is 12.6. The lowest BCUT2D eigenvalue weighted by Gasteiger charge is -2.38. The monoisotopic (exact) mass is 264 g/mol. The number of piperazine rings is 1. The average molecular weight is 264 g/mol. The summed E-state index contributed by atoms with van der Waals surface area (Å²) in [5, 5.41) is 7.70. The van der Waals surface area contributed by atoms with Gasteiger partial charge in [-0.1, -0.05) is 16.7 Å². The Hall–Kier alpha value is -1.43. The van der Waals surface area contributed by atoms with Gasteiger partial charge in [-0.25, -0.2) is 4.63 Å². The smallest absolute Gasteiger partial charge is 0.225 e. The highest BCUT2D eigenvalue weighted by Crippen LogP contribution is 2.28. The number of rotatable bonds is 3. The van der Waals surface area contributed by atoms with Crippen LogP contribution in [0.15, 0.2) is 4.63 Å². The number of carbonyl (C=O) groups excluding carboxylic acids is 1. The third-order valence-electron chi connectivity index (χ3n) is 4.26. The zero-order valence-corrected chi connectivity index (χ0v) is 11.3. The second kappa shape index (κ2) is 5.28. The van der Waals surface area contributed by atoms with Crippen molar-refractivity contribution in [2.24, 2.45) is 5.92 Å². The summed E-state index contributed by atoms with van der Waals surface area (Å²) in [4.78, 5) is 16.5. The molecule has 104 valence electrons. The maximum atomic E-state index is 12.1. The van der Waals surface area contributed by atoms with Crippen LogP contribution in [0, 0.1) is 12.8 Å². The minimum absolute atomic E-state index is 0.313. The Kier molecular flexibility index (Phi) is 3.50. The van der Waals surface area contributed by atoms with Gasteiger partial charge in [-0.15, -0.1) is 0 Å². The average Bonchev–Trinajstić information content (AvgIpc) is 2.74. The second-order valence-corrected chi connectivity index (χ2v) is 5.53. The molecule has 1 aliphatic heterocycles.